The average Bonchev–Trinajstić information content (AvgIpc) is 2.82. The average molecular weight is 437 g/mol. The van der Waals surface area contributed by atoms with E-state index in [0.29, 0.717) is 38.3 Å². The zero-order chi connectivity index (χ0) is 22.5. The molecule has 1 aliphatic heterocycles. The zero-order valence-electron chi connectivity index (χ0n) is 18.0. The Morgan fingerprint density at radius 3 is 1.97 bits per heavy atom. The van der Waals surface area contributed by atoms with E-state index < -0.39 is 0 Å². The van der Waals surface area contributed by atoms with Gasteiger partial charge in [0.1, 0.15) is 11.6 Å². The Bertz CT molecular complexity index is 1000. The zero-order valence-corrected chi connectivity index (χ0v) is 18.0. The summed E-state index contributed by atoms with van der Waals surface area (Å²) in [5.41, 5.74) is 3.49. The van der Waals surface area contributed by atoms with E-state index in [1.807, 2.05) is 29.2 Å². The Morgan fingerprint density at radius 1 is 0.875 bits per heavy atom. The predicted molar refractivity (Wildman–Crippen MR) is 119 cm³/mol. The maximum atomic E-state index is 13.5. The molecule has 3 aromatic carbocycles. The van der Waals surface area contributed by atoms with Crippen LogP contribution in [0.4, 0.5) is 8.78 Å². The number of ether oxygens (including phenoxy) is 1. The quantitative estimate of drug-likeness (QED) is 0.564. The second-order valence-corrected chi connectivity index (χ2v) is 7.97. The molecule has 1 amide bonds. The maximum Gasteiger partial charge on any atom is 0.253 e. The predicted octanol–water partition coefficient (Wildman–Crippen LogP) is 4.66. The van der Waals surface area contributed by atoms with Crippen LogP contribution in [-0.2, 0) is 11.3 Å². The monoisotopic (exact) mass is 436 g/mol. The number of piperazine rings is 1. The van der Waals surface area contributed by atoms with Crippen LogP contribution in [0.2, 0.25) is 0 Å². The van der Waals surface area contributed by atoms with Gasteiger partial charge in [0.05, 0.1) is 12.6 Å². The molecular weight excluding hydrogens is 410 g/mol. The minimum Gasteiger partial charge on any atom is -0.380 e. The Morgan fingerprint density at radius 2 is 1.44 bits per heavy atom. The number of nitrogens with zero attached hydrogens (tertiary/aromatic N) is 2. The second kappa shape index (κ2) is 10.0. The first-order valence-electron chi connectivity index (χ1n) is 10.7. The maximum absolute atomic E-state index is 13.5. The molecule has 6 heteroatoms. The number of halogens is 2. The summed E-state index contributed by atoms with van der Waals surface area (Å²) >= 11 is 0. The molecule has 0 unspecified atom stereocenters. The summed E-state index contributed by atoms with van der Waals surface area (Å²) in [5.74, 6) is -0.585. The molecular formula is C26H26F2N2O2. The van der Waals surface area contributed by atoms with Crippen LogP contribution in [0.25, 0.3) is 0 Å². The van der Waals surface area contributed by atoms with E-state index in [4.69, 9.17) is 4.74 Å². The normalized spacial score (nSPS) is 14.7. The summed E-state index contributed by atoms with van der Waals surface area (Å²) in [7, 11) is 1.63. The number of carbonyl (C=O) groups excluding carboxylic acids is 1. The molecule has 1 aliphatic rings. The van der Waals surface area contributed by atoms with Crippen LogP contribution in [0.1, 0.15) is 33.1 Å². The summed E-state index contributed by atoms with van der Waals surface area (Å²) in [4.78, 5) is 17.1. The van der Waals surface area contributed by atoms with Crippen LogP contribution >= 0.6 is 0 Å². The fraction of sp³-hybridized carbons (Fsp3) is 0.269. The third-order valence-corrected chi connectivity index (χ3v) is 5.82. The Balaban J connectivity index is 1.51. The Hall–Kier alpha value is -3.09. The smallest absolute Gasteiger partial charge is 0.253 e. The molecule has 0 aliphatic carbocycles. The van der Waals surface area contributed by atoms with E-state index in [1.165, 1.54) is 24.3 Å². The van der Waals surface area contributed by atoms with Crippen molar-refractivity contribution in [1.82, 2.24) is 9.80 Å². The summed E-state index contributed by atoms with van der Waals surface area (Å²) in [6, 6.07) is 20.2. The molecule has 4 rings (SSSR count). The highest BCUT2D eigenvalue weighted by Crippen LogP contribution is 2.30. The fourth-order valence-electron chi connectivity index (χ4n) is 4.23. The van der Waals surface area contributed by atoms with Crippen LogP contribution in [0.15, 0.2) is 72.8 Å². The van der Waals surface area contributed by atoms with E-state index in [2.05, 4.69) is 4.90 Å². The first-order valence-corrected chi connectivity index (χ1v) is 10.7. The molecule has 1 heterocycles. The lowest BCUT2D eigenvalue weighted by Crippen LogP contribution is -2.49. The summed E-state index contributed by atoms with van der Waals surface area (Å²) < 4.78 is 32.2. The molecule has 0 saturated carbocycles. The van der Waals surface area contributed by atoms with Gasteiger partial charge >= 0.3 is 0 Å². The van der Waals surface area contributed by atoms with Crippen molar-refractivity contribution in [2.24, 2.45) is 0 Å². The second-order valence-electron chi connectivity index (χ2n) is 7.97. The number of carbonyl (C=O) groups is 1. The van der Waals surface area contributed by atoms with E-state index >= 15 is 0 Å². The van der Waals surface area contributed by atoms with Crippen molar-refractivity contribution in [3.8, 4) is 0 Å². The summed E-state index contributed by atoms with van der Waals surface area (Å²) in [6.07, 6.45) is 0. The lowest BCUT2D eigenvalue weighted by molar-refractivity contribution is 0.0597. The number of methoxy groups -OCH3 is 1. The first kappa shape index (κ1) is 22.1. The van der Waals surface area contributed by atoms with Crippen LogP contribution in [-0.4, -0.2) is 49.0 Å². The molecule has 166 valence electrons. The number of hydrogen-bond acceptors (Lipinski definition) is 3. The van der Waals surface area contributed by atoms with Gasteiger partial charge in [-0.05, 0) is 53.1 Å². The third kappa shape index (κ3) is 5.03. The first-order chi connectivity index (χ1) is 15.5. The lowest BCUT2D eigenvalue weighted by Gasteiger charge is -2.40. The largest absolute Gasteiger partial charge is 0.380 e. The highest BCUT2D eigenvalue weighted by molar-refractivity contribution is 5.94. The number of amides is 1. The van der Waals surface area contributed by atoms with E-state index in [-0.39, 0.29) is 23.6 Å². The van der Waals surface area contributed by atoms with Gasteiger partial charge in [0.25, 0.3) is 5.91 Å². The van der Waals surface area contributed by atoms with Crippen LogP contribution in [0, 0.1) is 11.6 Å². The van der Waals surface area contributed by atoms with Gasteiger partial charge < -0.3 is 9.64 Å². The van der Waals surface area contributed by atoms with Crippen LogP contribution in [0.3, 0.4) is 0 Å². The summed E-state index contributed by atoms with van der Waals surface area (Å²) in [5, 5.41) is 0. The van der Waals surface area contributed by atoms with Crippen molar-refractivity contribution >= 4 is 5.91 Å². The van der Waals surface area contributed by atoms with Crippen LogP contribution < -0.4 is 0 Å². The van der Waals surface area contributed by atoms with Gasteiger partial charge in [-0.3, -0.25) is 9.69 Å². The highest BCUT2D eigenvalue weighted by atomic mass is 19.1. The van der Waals surface area contributed by atoms with Gasteiger partial charge in [0, 0.05) is 38.9 Å². The molecule has 3 aromatic rings. The Kier molecular flexibility index (Phi) is 6.93. The van der Waals surface area contributed by atoms with Crippen molar-refractivity contribution in [2.75, 3.05) is 33.3 Å². The standard InChI is InChI=1S/C26H26F2N2O2/c1-32-18-19-3-2-4-22(17-19)26(31)30-15-13-29(14-16-30)25(20-5-9-23(27)10-6-20)21-7-11-24(28)12-8-21/h2-12,17,25H,13-16,18H2,1H3. The number of benzene rings is 3. The number of hydrogen-bond donors (Lipinski definition) is 0. The molecule has 1 saturated heterocycles. The highest BCUT2D eigenvalue weighted by Gasteiger charge is 2.28. The third-order valence-electron chi connectivity index (χ3n) is 5.82. The summed E-state index contributed by atoms with van der Waals surface area (Å²) in [6.45, 7) is 2.93. The van der Waals surface area contributed by atoms with Gasteiger partial charge in [-0.2, -0.15) is 0 Å². The van der Waals surface area contributed by atoms with Crippen molar-refractivity contribution in [1.29, 1.82) is 0 Å². The molecule has 0 bridgehead atoms. The minimum atomic E-state index is -0.294. The van der Waals surface area contributed by atoms with E-state index in [1.54, 1.807) is 31.4 Å². The van der Waals surface area contributed by atoms with Gasteiger partial charge in [0.2, 0.25) is 0 Å². The van der Waals surface area contributed by atoms with Crippen LogP contribution in [0.5, 0.6) is 0 Å². The molecule has 0 spiro atoms. The molecule has 0 aromatic heterocycles. The van der Waals surface area contributed by atoms with Crippen molar-refractivity contribution < 1.29 is 18.3 Å². The van der Waals surface area contributed by atoms with E-state index in [0.717, 1.165) is 16.7 Å². The molecule has 32 heavy (non-hydrogen) atoms. The van der Waals surface area contributed by atoms with Crippen molar-refractivity contribution in [3.05, 3.63) is 107 Å². The minimum absolute atomic E-state index is 0.00252. The SMILES string of the molecule is COCc1cccc(C(=O)N2CCN(C(c3ccc(F)cc3)c3ccc(F)cc3)CC2)c1. The molecule has 0 atom stereocenters. The van der Waals surface area contributed by atoms with Gasteiger partial charge in [-0.25, -0.2) is 8.78 Å². The lowest BCUT2D eigenvalue weighted by atomic mass is 9.96. The molecule has 4 nitrogen and oxygen atoms in total. The van der Waals surface area contributed by atoms with Crippen molar-refractivity contribution in [3.63, 3.8) is 0 Å². The van der Waals surface area contributed by atoms with Gasteiger partial charge in [-0.1, -0.05) is 36.4 Å². The molecule has 0 radical (unpaired) electrons. The topological polar surface area (TPSA) is 32.8 Å². The van der Waals surface area contributed by atoms with E-state index in [9.17, 15) is 13.6 Å². The van der Waals surface area contributed by atoms with Gasteiger partial charge in [-0.15, -0.1) is 0 Å². The van der Waals surface area contributed by atoms with Gasteiger partial charge in [0.15, 0.2) is 0 Å². The van der Waals surface area contributed by atoms with Crippen molar-refractivity contribution in [2.45, 2.75) is 12.6 Å². The fourth-order valence-corrected chi connectivity index (χ4v) is 4.23. The molecule has 1 fully saturated rings. The number of rotatable bonds is 6. The Labute approximate surface area is 187 Å². The molecule has 0 N–H and O–H groups in total.